The molecule has 1 fully saturated rings. The molecule has 0 aromatic carbocycles. The van der Waals surface area contributed by atoms with Gasteiger partial charge in [0.15, 0.2) is 0 Å². The summed E-state index contributed by atoms with van der Waals surface area (Å²) in [5.74, 6) is -3.23. The Bertz CT molecular complexity index is 371. The standard InChI is InChI=1S/C12H16O5/c1-8(7-13)6-12(11(16)17)5-3-2-4-9(12)10(14)15/h6-7,9H,2-5H2,1H3,(H,14,15)(H,16,17). The fourth-order valence-corrected chi connectivity index (χ4v) is 2.47. The Morgan fingerprint density at radius 2 is 1.94 bits per heavy atom. The second kappa shape index (κ2) is 5.12. The molecule has 94 valence electrons. The van der Waals surface area contributed by atoms with E-state index in [1.54, 1.807) is 0 Å². The number of aldehydes is 1. The van der Waals surface area contributed by atoms with E-state index in [2.05, 4.69) is 0 Å². The Balaban J connectivity index is 3.23. The lowest BCUT2D eigenvalue weighted by atomic mass is 9.65. The molecule has 2 N–H and O–H groups in total. The molecular formula is C12H16O5. The number of rotatable bonds is 4. The van der Waals surface area contributed by atoms with E-state index in [9.17, 15) is 19.5 Å². The number of allylic oxidation sites excluding steroid dienone is 1. The van der Waals surface area contributed by atoms with E-state index < -0.39 is 23.3 Å². The van der Waals surface area contributed by atoms with Crippen LogP contribution >= 0.6 is 0 Å². The highest BCUT2D eigenvalue weighted by Crippen LogP contribution is 2.43. The minimum atomic E-state index is -1.44. The van der Waals surface area contributed by atoms with Crippen LogP contribution in [0.25, 0.3) is 0 Å². The normalized spacial score (nSPS) is 29.7. The first-order valence-corrected chi connectivity index (χ1v) is 5.55. The summed E-state index contributed by atoms with van der Waals surface area (Å²) >= 11 is 0. The maximum Gasteiger partial charge on any atom is 0.314 e. The van der Waals surface area contributed by atoms with Crippen LogP contribution in [-0.2, 0) is 14.4 Å². The van der Waals surface area contributed by atoms with Crippen molar-refractivity contribution in [2.75, 3.05) is 0 Å². The number of carboxylic acid groups (broad SMARTS) is 2. The maximum atomic E-state index is 11.4. The summed E-state index contributed by atoms with van der Waals surface area (Å²) in [5.41, 5.74) is -1.17. The van der Waals surface area contributed by atoms with E-state index in [-0.39, 0.29) is 12.0 Å². The number of hydrogen-bond acceptors (Lipinski definition) is 3. The molecule has 1 aliphatic rings. The van der Waals surface area contributed by atoms with Gasteiger partial charge in [0.25, 0.3) is 0 Å². The predicted molar refractivity (Wildman–Crippen MR) is 59.5 cm³/mol. The molecule has 0 radical (unpaired) electrons. The van der Waals surface area contributed by atoms with Crippen molar-refractivity contribution >= 4 is 18.2 Å². The van der Waals surface area contributed by atoms with Gasteiger partial charge in [-0.1, -0.05) is 18.9 Å². The highest BCUT2D eigenvalue weighted by atomic mass is 16.4. The van der Waals surface area contributed by atoms with E-state index in [1.165, 1.54) is 13.0 Å². The molecule has 17 heavy (non-hydrogen) atoms. The third kappa shape index (κ3) is 2.54. The van der Waals surface area contributed by atoms with Gasteiger partial charge in [0.1, 0.15) is 6.29 Å². The van der Waals surface area contributed by atoms with Crippen molar-refractivity contribution in [1.82, 2.24) is 0 Å². The smallest absolute Gasteiger partial charge is 0.314 e. The fourth-order valence-electron chi connectivity index (χ4n) is 2.47. The summed E-state index contributed by atoms with van der Waals surface area (Å²) in [6.07, 6.45) is 3.84. The predicted octanol–water partition coefficient (Wildman–Crippen LogP) is 1.48. The van der Waals surface area contributed by atoms with Gasteiger partial charge in [0.2, 0.25) is 0 Å². The van der Waals surface area contributed by atoms with Crippen LogP contribution in [0.1, 0.15) is 32.6 Å². The Morgan fingerprint density at radius 1 is 1.29 bits per heavy atom. The SMILES string of the molecule is CC(C=O)=CC1(C(=O)O)CCCCC1C(=O)O. The summed E-state index contributed by atoms with van der Waals surface area (Å²) in [5, 5.41) is 18.5. The van der Waals surface area contributed by atoms with E-state index >= 15 is 0 Å². The molecule has 0 spiro atoms. The first-order chi connectivity index (χ1) is 7.94. The molecule has 2 atom stereocenters. The number of carbonyl (C=O) groups is 3. The van der Waals surface area contributed by atoms with Crippen molar-refractivity contribution in [2.24, 2.45) is 11.3 Å². The van der Waals surface area contributed by atoms with Crippen molar-refractivity contribution in [1.29, 1.82) is 0 Å². The van der Waals surface area contributed by atoms with E-state index in [0.717, 1.165) is 0 Å². The number of hydrogen-bond donors (Lipinski definition) is 2. The molecule has 1 rings (SSSR count). The molecule has 0 aliphatic heterocycles. The minimum absolute atomic E-state index is 0.264. The van der Waals surface area contributed by atoms with Gasteiger partial charge in [-0.15, -0.1) is 0 Å². The minimum Gasteiger partial charge on any atom is -0.481 e. The van der Waals surface area contributed by atoms with Crippen LogP contribution in [0.4, 0.5) is 0 Å². The van der Waals surface area contributed by atoms with Crippen molar-refractivity contribution in [2.45, 2.75) is 32.6 Å². The Morgan fingerprint density at radius 3 is 2.41 bits per heavy atom. The van der Waals surface area contributed by atoms with Gasteiger partial charge in [-0.25, -0.2) is 0 Å². The zero-order valence-corrected chi connectivity index (χ0v) is 9.68. The molecule has 5 heteroatoms. The quantitative estimate of drug-likeness (QED) is 0.573. The second-order valence-corrected chi connectivity index (χ2v) is 4.49. The zero-order valence-electron chi connectivity index (χ0n) is 9.68. The van der Waals surface area contributed by atoms with Crippen LogP contribution in [0.5, 0.6) is 0 Å². The first kappa shape index (κ1) is 13.4. The number of carbonyl (C=O) groups excluding carboxylic acids is 1. The molecule has 1 saturated carbocycles. The first-order valence-electron chi connectivity index (χ1n) is 5.55. The van der Waals surface area contributed by atoms with Gasteiger partial charge in [-0.05, 0) is 25.3 Å². The summed E-state index contributed by atoms with van der Waals surface area (Å²) in [4.78, 5) is 33.2. The fraction of sp³-hybridized carbons (Fsp3) is 0.583. The molecular weight excluding hydrogens is 224 g/mol. The van der Waals surface area contributed by atoms with Gasteiger partial charge in [0.05, 0.1) is 11.3 Å². The van der Waals surface area contributed by atoms with Crippen LogP contribution in [0, 0.1) is 11.3 Å². The molecule has 1 aliphatic carbocycles. The molecule has 5 nitrogen and oxygen atoms in total. The lowest BCUT2D eigenvalue weighted by molar-refractivity contribution is -0.161. The second-order valence-electron chi connectivity index (χ2n) is 4.49. The van der Waals surface area contributed by atoms with Gasteiger partial charge in [-0.3, -0.25) is 14.4 Å². The van der Waals surface area contributed by atoms with Crippen molar-refractivity contribution in [3.8, 4) is 0 Å². The van der Waals surface area contributed by atoms with Crippen LogP contribution < -0.4 is 0 Å². The molecule has 0 bridgehead atoms. The molecule has 0 heterocycles. The van der Waals surface area contributed by atoms with Crippen LogP contribution in [0.15, 0.2) is 11.6 Å². The van der Waals surface area contributed by atoms with Crippen molar-refractivity contribution in [3.63, 3.8) is 0 Å². The average molecular weight is 240 g/mol. The third-order valence-electron chi connectivity index (χ3n) is 3.32. The topological polar surface area (TPSA) is 91.7 Å². The summed E-state index contributed by atoms with van der Waals surface area (Å²) < 4.78 is 0. The highest BCUT2D eigenvalue weighted by Gasteiger charge is 2.49. The Labute approximate surface area is 99.1 Å². The third-order valence-corrected chi connectivity index (χ3v) is 3.32. The molecule has 0 saturated heterocycles. The highest BCUT2D eigenvalue weighted by molar-refractivity contribution is 5.87. The average Bonchev–Trinajstić information content (AvgIpc) is 2.28. The zero-order chi connectivity index (χ0) is 13.1. The van der Waals surface area contributed by atoms with Gasteiger partial charge < -0.3 is 10.2 Å². The van der Waals surface area contributed by atoms with Gasteiger partial charge in [-0.2, -0.15) is 0 Å². The van der Waals surface area contributed by atoms with E-state index in [1.807, 2.05) is 0 Å². The summed E-state index contributed by atoms with van der Waals surface area (Å²) in [6, 6.07) is 0. The van der Waals surface area contributed by atoms with Crippen molar-refractivity contribution in [3.05, 3.63) is 11.6 Å². The van der Waals surface area contributed by atoms with E-state index in [0.29, 0.717) is 25.5 Å². The van der Waals surface area contributed by atoms with Crippen LogP contribution in [0.2, 0.25) is 0 Å². The summed E-state index contributed by atoms with van der Waals surface area (Å²) in [6.45, 7) is 1.49. The number of carboxylic acids is 2. The largest absolute Gasteiger partial charge is 0.481 e. The summed E-state index contributed by atoms with van der Waals surface area (Å²) in [7, 11) is 0. The monoisotopic (exact) mass is 240 g/mol. The lowest BCUT2D eigenvalue weighted by Crippen LogP contribution is -2.43. The van der Waals surface area contributed by atoms with Gasteiger partial charge >= 0.3 is 11.9 Å². The Hall–Kier alpha value is -1.65. The van der Waals surface area contributed by atoms with Crippen LogP contribution in [-0.4, -0.2) is 28.4 Å². The molecule has 2 unspecified atom stereocenters. The van der Waals surface area contributed by atoms with E-state index in [4.69, 9.17) is 5.11 Å². The molecule has 0 aromatic rings. The maximum absolute atomic E-state index is 11.4. The van der Waals surface area contributed by atoms with Crippen LogP contribution in [0.3, 0.4) is 0 Å². The molecule has 0 aromatic heterocycles. The van der Waals surface area contributed by atoms with Crippen molar-refractivity contribution < 1.29 is 24.6 Å². The molecule has 0 amide bonds. The van der Waals surface area contributed by atoms with Gasteiger partial charge in [0, 0.05) is 0 Å². The number of aliphatic carboxylic acids is 2. The lowest BCUT2D eigenvalue weighted by Gasteiger charge is -2.36. The Kier molecular flexibility index (Phi) is 4.04.